The zero-order valence-electron chi connectivity index (χ0n) is 10.9. The van der Waals surface area contributed by atoms with Crippen molar-refractivity contribution in [2.24, 2.45) is 0 Å². The predicted octanol–water partition coefficient (Wildman–Crippen LogP) is 3.48. The minimum Gasteiger partial charge on any atom is -0.237 e. The van der Waals surface area contributed by atoms with Crippen LogP contribution in [0, 0.1) is 12.9 Å². The molecule has 0 spiro atoms. The van der Waals surface area contributed by atoms with E-state index in [-0.39, 0.29) is 15.0 Å². The maximum Gasteiger partial charge on any atom is 0.271 e. The van der Waals surface area contributed by atoms with E-state index in [1.807, 2.05) is 6.92 Å². The Morgan fingerprint density at radius 1 is 1.19 bits per heavy atom. The Balaban J connectivity index is 2.34. The number of pyridine rings is 1. The molecule has 1 aromatic carbocycles. The van der Waals surface area contributed by atoms with E-state index in [1.54, 1.807) is 24.3 Å². The molecule has 0 aliphatic carbocycles. The molecule has 4 nitrogen and oxygen atoms in total. The number of hydrogen-bond donors (Lipinski definition) is 0. The maximum absolute atomic E-state index is 14.4. The molecule has 108 valence electrons. The molecule has 3 aromatic rings. The van der Waals surface area contributed by atoms with Crippen LogP contribution in [0.15, 0.2) is 52.0 Å². The number of nitrogens with zero attached hydrogens (tertiary/aromatic N) is 2. The average molecular weight is 369 g/mol. The zero-order chi connectivity index (χ0) is 15.2. The first-order valence-electron chi connectivity index (χ1n) is 6.05. The first-order valence-corrected chi connectivity index (χ1v) is 8.29. The second kappa shape index (κ2) is 4.92. The van der Waals surface area contributed by atoms with E-state index in [0.29, 0.717) is 9.36 Å². The Morgan fingerprint density at radius 3 is 2.52 bits per heavy atom. The highest BCUT2D eigenvalue weighted by Crippen LogP contribution is 2.31. The van der Waals surface area contributed by atoms with E-state index in [0.717, 1.165) is 5.56 Å². The van der Waals surface area contributed by atoms with Gasteiger partial charge < -0.3 is 0 Å². The monoisotopic (exact) mass is 368 g/mol. The van der Waals surface area contributed by atoms with Gasteiger partial charge in [-0.2, -0.15) is 8.36 Å². The fraction of sp³-hybridized carbons (Fsp3) is 0.0714. The number of rotatable bonds is 2. The van der Waals surface area contributed by atoms with Crippen LogP contribution in [0.5, 0.6) is 0 Å². The SMILES string of the molecule is Cc1ccc(S(=O)(=O)n2c(F)c(Br)c3cccnc32)cc1. The van der Waals surface area contributed by atoms with Crippen molar-refractivity contribution in [3.63, 3.8) is 0 Å². The summed E-state index contributed by atoms with van der Waals surface area (Å²) in [5.41, 5.74) is 0.980. The van der Waals surface area contributed by atoms with Crippen molar-refractivity contribution in [2.75, 3.05) is 0 Å². The number of aromatic nitrogens is 2. The fourth-order valence-electron chi connectivity index (χ4n) is 2.06. The molecule has 0 atom stereocenters. The minimum absolute atomic E-state index is 0.0158. The van der Waals surface area contributed by atoms with Gasteiger partial charge in [-0.1, -0.05) is 17.7 Å². The smallest absolute Gasteiger partial charge is 0.237 e. The van der Waals surface area contributed by atoms with Gasteiger partial charge in [-0.3, -0.25) is 0 Å². The molecule has 0 saturated heterocycles. The topological polar surface area (TPSA) is 52.0 Å². The Hall–Kier alpha value is -1.73. The lowest BCUT2D eigenvalue weighted by Gasteiger charge is -2.07. The highest BCUT2D eigenvalue weighted by Gasteiger charge is 2.27. The molecular formula is C14H10BrFN2O2S. The van der Waals surface area contributed by atoms with Crippen LogP contribution in [0.1, 0.15) is 5.56 Å². The summed E-state index contributed by atoms with van der Waals surface area (Å²) >= 11 is 3.08. The number of halogens is 2. The van der Waals surface area contributed by atoms with Crippen molar-refractivity contribution in [3.8, 4) is 0 Å². The van der Waals surface area contributed by atoms with Crippen molar-refractivity contribution in [2.45, 2.75) is 11.8 Å². The Kier molecular flexibility index (Phi) is 3.33. The summed E-state index contributed by atoms with van der Waals surface area (Å²) < 4.78 is 40.4. The highest BCUT2D eigenvalue weighted by atomic mass is 79.9. The van der Waals surface area contributed by atoms with Gasteiger partial charge in [-0.25, -0.2) is 13.4 Å². The molecule has 0 saturated carbocycles. The standard InChI is InChI=1S/C14H10BrFN2O2S/c1-9-4-6-10(7-5-9)21(19,20)18-13(16)12(15)11-3-2-8-17-14(11)18/h2-8H,1H3. The van der Waals surface area contributed by atoms with E-state index in [4.69, 9.17) is 0 Å². The Labute approximate surface area is 129 Å². The van der Waals surface area contributed by atoms with Crippen LogP contribution in [0.4, 0.5) is 4.39 Å². The lowest BCUT2D eigenvalue weighted by molar-refractivity contribution is 0.541. The van der Waals surface area contributed by atoms with E-state index < -0.39 is 16.0 Å². The second-order valence-corrected chi connectivity index (χ2v) is 7.14. The van der Waals surface area contributed by atoms with E-state index in [2.05, 4.69) is 20.9 Å². The normalized spacial score (nSPS) is 12.0. The first-order chi connectivity index (χ1) is 9.93. The summed E-state index contributed by atoms with van der Waals surface area (Å²) in [6, 6.07) is 9.46. The third kappa shape index (κ3) is 2.16. The summed E-state index contributed by atoms with van der Waals surface area (Å²) in [6.07, 6.45) is 1.43. The Bertz CT molecular complexity index is 934. The maximum atomic E-state index is 14.4. The van der Waals surface area contributed by atoms with Gasteiger partial charge in [0, 0.05) is 11.6 Å². The highest BCUT2D eigenvalue weighted by molar-refractivity contribution is 9.10. The molecule has 0 unspecified atom stereocenters. The van der Waals surface area contributed by atoms with Gasteiger partial charge in [-0.05, 0) is 47.1 Å². The van der Waals surface area contributed by atoms with Gasteiger partial charge >= 0.3 is 0 Å². The van der Waals surface area contributed by atoms with Crippen molar-refractivity contribution < 1.29 is 12.8 Å². The number of hydrogen-bond acceptors (Lipinski definition) is 3. The summed E-state index contributed by atoms with van der Waals surface area (Å²) in [4.78, 5) is 4.00. The predicted molar refractivity (Wildman–Crippen MR) is 81.2 cm³/mol. The van der Waals surface area contributed by atoms with Gasteiger partial charge in [0.25, 0.3) is 10.0 Å². The summed E-state index contributed by atoms with van der Waals surface area (Å²) in [6.45, 7) is 1.85. The van der Waals surface area contributed by atoms with E-state index in [1.165, 1.54) is 18.3 Å². The lowest BCUT2D eigenvalue weighted by atomic mass is 10.2. The van der Waals surface area contributed by atoms with Crippen LogP contribution in [0.3, 0.4) is 0 Å². The average Bonchev–Trinajstić information content (AvgIpc) is 2.72. The van der Waals surface area contributed by atoms with Crippen molar-refractivity contribution in [3.05, 3.63) is 58.6 Å². The molecule has 0 aliphatic rings. The molecule has 2 heterocycles. The first kappa shape index (κ1) is 14.2. The molecule has 2 aromatic heterocycles. The van der Waals surface area contributed by atoms with Crippen LogP contribution in [0.2, 0.25) is 0 Å². The Morgan fingerprint density at radius 2 is 1.86 bits per heavy atom. The molecule has 7 heteroatoms. The largest absolute Gasteiger partial charge is 0.271 e. The molecule has 21 heavy (non-hydrogen) atoms. The molecule has 0 radical (unpaired) electrons. The molecule has 0 amide bonds. The van der Waals surface area contributed by atoms with Crippen LogP contribution >= 0.6 is 15.9 Å². The molecular weight excluding hydrogens is 359 g/mol. The summed E-state index contributed by atoms with van der Waals surface area (Å²) in [7, 11) is -4.04. The number of fused-ring (bicyclic) bond motifs is 1. The van der Waals surface area contributed by atoms with Crippen LogP contribution in [-0.4, -0.2) is 17.4 Å². The quantitative estimate of drug-likeness (QED) is 0.695. The van der Waals surface area contributed by atoms with E-state index >= 15 is 0 Å². The summed E-state index contributed by atoms with van der Waals surface area (Å²) in [5.74, 6) is -0.885. The van der Waals surface area contributed by atoms with Crippen molar-refractivity contribution in [1.82, 2.24) is 8.96 Å². The zero-order valence-corrected chi connectivity index (χ0v) is 13.3. The van der Waals surface area contributed by atoms with Crippen LogP contribution in [-0.2, 0) is 10.0 Å². The van der Waals surface area contributed by atoms with Crippen LogP contribution in [0.25, 0.3) is 11.0 Å². The van der Waals surface area contributed by atoms with Gasteiger partial charge in [0.05, 0.1) is 9.37 Å². The van der Waals surface area contributed by atoms with Gasteiger partial charge in [0.2, 0.25) is 5.95 Å². The lowest BCUT2D eigenvalue weighted by Crippen LogP contribution is -2.15. The van der Waals surface area contributed by atoms with E-state index in [9.17, 15) is 12.8 Å². The fourth-order valence-corrected chi connectivity index (χ4v) is 4.03. The third-order valence-electron chi connectivity index (χ3n) is 3.13. The summed E-state index contributed by atoms with van der Waals surface area (Å²) in [5, 5.41) is 0.408. The number of benzene rings is 1. The molecule has 0 bridgehead atoms. The van der Waals surface area contributed by atoms with Crippen molar-refractivity contribution in [1.29, 1.82) is 0 Å². The second-order valence-electron chi connectivity index (χ2n) is 4.56. The molecule has 3 rings (SSSR count). The van der Waals surface area contributed by atoms with Gasteiger partial charge in [-0.15, -0.1) is 0 Å². The molecule has 0 aliphatic heterocycles. The van der Waals surface area contributed by atoms with Gasteiger partial charge in [0.1, 0.15) is 0 Å². The third-order valence-corrected chi connectivity index (χ3v) is 5.57. The molecule has 0 N–H and O–H groups in total. The van der Waals surface area contributed by atoms with Gasteiger partial charge in [0.15, 0.2) is 5.65 Å². The molecule has 0 fully saturated rings. The van der Waals surface area contributed by atoms with Crippen molar-refractivity contribution >= 4 is 37.0 Å². The van der Waals surface area contributed by atoms with Crippen LogP contribution < -0.4 is 0 Å². The minimum atomic E-state index is -4.04. The number of aryl methyl sites for hydroxylation is 1.